The Morgan fingerprint density at radius 1 is 1.35 bits per heavy atom. The first kappa shape index (κ1) is 14.3. The summed E-state index contributed by atoms with van der Waals surface area (Å²) in [4.78, 5) is 4.91. The molecule has 1 aliphatic rings. The van der Waals surface area contributed by atoms with Crippen LogP contribution in [-0.2, 0) is 0 Å². The third kappa shape index (κ3) is 4.52. The second-order valence-corrected chi connectivity index (χ2v) is 4.67. The molecular formula is C12H26N4O. The number of amidine groups is 1. The van der Waals surface area contributed by atoms with Crippen LogP contribution in [0.4, 0.5) is 0 Å². The fraction of sp³-hybridized carbons (Fsp3) is 0.917. The summed E-state index contributed by atoms with van der Waals surface area (Å²) < 4.78 is 0. The fourth-order valence-corrected chi connectivity index (χ4v) is 2.36. The first-order valence-corrected chi connectivity index (χ1v) is 6.63. The number of piperidine rings is 1. The maximum Gasteiger partial charge on any atom is 0.142 e. The Bertz CT molecular complexity index is 233. The lowest BCUT2D eigenvalue weighted by molar-refractivity contribution is 0.175. The van der Waals surface area contributed by atoms with Gasteiger partial charge in [0.1, 0.15) is 5.84 Å². The molecule has 3 N–H and O–H groups in total. The van der Waals surface area contributed by atoms with E-state index in [0.717, 1.165) is 52.1 Å². The van der Waals surface area contributed by atoms with E-state index in [0.29, 0.717) is 5.84 Å². The van der Waals surface area contributed by atoms with Crippen LogP contribution >= 0.6 is 0 Å². The minimum Gasteiger partial charge on any atom is -0.409 e. The van der Waals surface area contributed by atoms with E-state index >= 15 is 0 Å². The maximum atomic E-state index is 8.64. The predicted octanol–water partition coefficient (Wildman–Crippen LogP) is 0.787. The molecule has 0 aromatic carbocycles. The van der Waals surface area contributed by atoms with E-state index in [1.165, 1.54) is 0 Å². The van der Waals surface area contributed by atoms with Crippen LogP contribution in [0.15, 0.2) is 5.16 Å². The second-order valence-electron chi connectivity index (χ2n) is 4.67. The number of hydrogen-bond acceptors (Lipinski definition) is 4. The molecule has 0 atom stereocenters. The Morgan fingerprint density at radius 3 is 2.41 bits per heavy atom. The van der Waals surface area contributed by atoms with Gasteiger partial charge in [0.25, 0.3) is 0 Å². The summed E-state index contributed by atoms with van der Waals surface area (Å²) in [7, 11) is 0. The number of hydrogen-bond donors (Lipinski definition) is 2. The van der Waals surface area contributed by atoms with Crippen LogP contribution < -0.4 is 5.73 Å². The van der Waals surface area contributed by atoms with Gasteiger partial charge >= 0.3 is 0 Å². The van der Waals surface area contributed by atoms with Crippen molar-refractivity contribution in [3.8, 4) is 0 Å². The van der Waals surface area contributed by atoms with Crippen molar-refractivity contribution in [2.24, 2.45) is 16.8 Å². The highest BCUT2D eigenvalue weighted by atomic mass is 16.4. The monoisotopic (exact) mass is 242 g/mol. The summed E-state index contributed by atoms with van der Waals surface area (Å²) in [5.41, 5.74) is 5.63. The van der Waals surface area contributed by atoms with Crippen LogP contribution in [0, 0.1) is 5.92 Å². The number of likely N-dealkylation sites (N-methyl/N-ethyl adjacent to an activating group) is 1. The van der Waals surface area contributed by atoms with E-state index in [1.54, 1.807) is 0 Å². The van der Waals surface area contributed by atoms with Crippen molar-refractivity contribution in [3.63, 3.8) is 0 Å². The van der Waals surface area contributed by atoms with Crippen molar-refractivity contribution in [1.29, 1.82) is 0 Å². The molecule has 0 aromatic rings. The minimum absolute atomic E-state index is 0.268. The van der Waals surface area contributed by atoms with E-state index in [-0.39, 0.29) is 5.92 Å². The molecule has 1 rings (SSSR count). The SMILES string of the molecule is CCN(CC)CCN1CCC(C(N)=NO)CC1. The van der Waals surface area contributed by atoms with E-state index in [1.807, 2.05) is 0 Å². The van der Waals surface area contributed by atoms with Crippen LogP contribution in [0.3, 0.4) is 0 Å². The van der Waals surface area contributed by atoms with Crippen LogP contribution in [0.25, 0.3) is 0 Å². The summed E-state index contributed by atoms with van der Waals surface area (Å²) in [6.45, 7) is 11.0. The highest BCUT2D eigenvalue weighted by molar-refractivity contribution is 5.82. The largest absolute Gasteiger partial charge is 0.409 e. The molecule has 1 saturated heterocycles. The number of likely N-dealkylation sites (tertiary alicyclic amines) is 1. The Morgan fingerprint density at radius 2 is 1.94 bits per heavy atom. The lowest BCUT2D eigenvalue weighted by atomic mass is 9.96. The van der Waals surface area contributed by atoms with Crippen LogP contribution in [0.2, 0.25) is 0 Å². The van der Waals surface area contributed by atoms with Gasteiger partial charge in [0.15, 0.2) is 0 Å². The second kappa shape index (κ2) is 7.50. The lowest BCUT2D eigenvalue weighted by Crippen LogP contribution is -2.42. The third-order valence-corrected chi connectivity index (χ3v) is 3.75. The topological polar surface area (TPSA) is 65.1 Å². The molecule has 5 nitrogen and oxygen atoms in total. The molecule has 1 fully saturated rings. The predicted molar refractivity (Wildman–Crippen MR) is 70.4 cm³/mol. The van der Waals surface area contributed by atoms with Crippen LogP contribution in [0.5, 0.6) is 0 Å². The van der Waals surface area contributed by atoms with Gasteiger partial charge < -0.3 is 20.7 Å². The van der Waals surface area contributed by atoms with Gasteiger partial charge in [-0.05, 0) is 39.0 Å². The van der Waals surface area contributed by atoms with Gasteiger partial charge in [0.2, 0.25) is 0 Å². The van der Waals surface area contributed by atoms with E-state index < -0.39 is 0 Å². The van der Waals surface area contributed by atoms with Gasteiger partial charge in [-0.15, -0.1) is 0 Å². The Labute approximate surface area is 104 Å². The highest BCUT2D eigenvalue weighted by Crippen LogP contribution is 2.16. The molecule has 0 unspecified atom stereocenters. The molecule has 0 bridgehead atoms. The lowest BCUT2D eigenvalue weighted by Gasteiger charge is -2.32. The average Bonchev–Trinajstić information content (AvgIpc) is 2.39. The number of nitrogens with zero attached hydrogens (tertiary/aromatic N) is 3. The molecule has 100 valence electrons. The Kier molecular flexibility index (Phi) is 6.29. The first-order chi connectivity index (χ1) is 8.21. The van der Waals surface area contributed by atoms with Gasteiger partial charge in [0, 0.05) is 19.0 Å². The summed E-state index contributed by atoms with van der Waals surface area (Å²) in [6.07, 6.45) is 2.02. The van der Waals surface area contributed by atoms with Crippen molar-refractivity contribution in [2.45, 2.75) is 26.7 Å². The molecule has 0 amide bonds. The average molecular weight is 242 g/mol. The van der Waals surface area contributed by atoms with Gasteiger partial charge in [0.05, 0.1) is 0 Å². The van der Waals surface area contributed by atoms with E-state index in [9.17, 15) is 0 Å². The summed E-state index contributed by atoms with van der Waals surface area (Å²) >= 11 is 0. The molecule has 0 radical (unpaired) electrons. The number of nitrogens with two attached hydrogens (primary N) is 1. The quantitative estimate of drug-likeness (QED) is 0.313. The zero-order valence-corrected chi connectivity index (χ0v) is 11.1. The normalized spacial score (nSPS) is 20.1. The molecular weight excluding hydrogens is 216 g/mol. The number of oxime groups is 1. The minimum atomic E-state index is 0.268. The standard InChI is InChI=1S/C12H26N4O/c1-3-15(4-2)9-10-16-7-5-11(6-8-16)12(13)14-17/h11,17H,3-10H2,1-2H3,(H2,13,14). The molecule has 1 aliphatic heterocycles. The Hall–Kier alpha value is -0.810. The first-order valence-electron chi connectivity index (χ1n) is 6.63. The van der Waals surface area contributed by atoms with E-state index in [4.69, 9.17) is 10.9 Å². The maximum absolute atomic E-state index is 8.64. The fourth-order valence-electron chi connectivity index (χ4n) is 2.36. The third-order valence-electron chi connectivity index (χ3n) is 3.75. The van der Waals surface area contributed by atoms with Crippen molar-refractivity contribution in [1.82, 2.24) is 9.80 Å². The summed E-state index contributed by atoms with van der Waals surface area (Å²) in [6, 6.07) is 0. The van der Waals surface area contributed by atoms with Gasteiger partial charge in [-0.2, -0.15) is 0 Å². The zero-order valence-electron chi connectivity index (χ0n) is 11.1. The van der Waals surface area contributed by atoms with Crippen molar-refractivity contribution >= 4 is 5.84 Å². The molecule has 0 saturated carbocycles. The summed E-state index contributed by atoms with van der Waals surface area (Å²) in [5.74, 6) is 0.665. The van der Waals surface area contributed by atoms with Crippen molar-refractivity contribution < 1.29 is 5.21 Å². The highest BCUT2D eigenvalue weighted by Gasteiger charge is 2.22. The summed E-state index contributed by atoms with van der Waals surface area (Å²) in [5, 5.41) is 11.7. The van der Waals surface area contributed by atoms with E-state index in [2.05, 4.69) is 28.8 Å². The zero-order chi connectivity index (χ0) is 12.7. The van der Waals surface area contributed by atoms with Gasteiger partial charge in [-0.3, -0.25) is 0 Å². The smallest absolute Gasteiger partial charge is 0.142 e. The molecule has 0 aliphatic carbocycles. The van der Waals surface area contributed by atoms with Crippen molar-refractivity contribution in [3.05, 3.63) is 0 Å². The number of rotatable bonds is 6. The van der Waals surface area contributed by atoms with Crippen LogP contribution in [-0.4, -0.2) is 60.1 Å². The van der Waals surface area contributed by atoms with Crippen LogP contribution in [0.1, 0.15) is 26.7 Å². The molecule has 1 heterocycles. The molecule has 5 heteroatoms. The van der Waals surface area contributed by atoms with Gasteiger partial charge in [-0.1, -0.05) is 19.0 Å². The molecule has 17 heavy (non-hydrogen) atoms. The Balaban J connectivity index is 2.23. The molecule has 0 aromatic heterocycles. The van der Waals surface area contributed by atoms with Gasteiger partial charge in [-0.25, -0.2) is 0 Å². The van der Waals surface area contributed by atoms with Crippen molar-refractivity contribution in [2.75, 3.05) is 39.3 Å². The molecule has 0 spiro atoms.